The predicted octanol–water partition coefficient (Wildman–Crippen LogP) is 5.43. The fourth-order valence-electron chi connectivity index (χ4n) is 4.22. The van der Waals surface area contributed by atoms with Crippen molar-refractivity contribution in [3.8, 4) is 0 Å². The van der Waals surface area contributed by atoms with E-state index in [1.165, 1.54) is 5.57 Å². The minimum Gasteiger partial charge on any atom is -0.286 e. The highest BCUT2D eigenvalue weighted by Crippen LogP contribution is 2.40. The molecule has 0 fully saturated rings. The van der Waals surface area contributed by atoms with Crippen molar-refractivity contribution >= 4 is 22.8 Å². The lowest BCUT2D eigenvalue weighted by Gasteiger charge is -2.33. The first-order chi connectivity index (χ1) is 13.8. The summed E-state index contributed by atoms with van der Waals surface area (Å²) in [6.45, 7) is 6.53. The minimum atomic E-state index is -2.46. The van der Waals surface area contributed by atoms with E-state index in [0.29, 0.717) is 16.7 Å². The van der Waals surface area contributed by atoms with E-state index >= 15 is 0 Å². The van der Waals surface area contributed by atoms with Crippen LogP contribution in [0.5, 0.6) is 0 Å². The lowest BCUT2D eigenvalue weighted by Crippen LogP contribution is -2.37. The maximum absolute atomic E-state index is 12.9. The van der Waals surface area contributed by atoms with Crippen LogP contribution in [0.15, 0.2) is 48.7 Å². The highest BCUT2D eigenvalue weighted by Gasteiger charge is 2.35. The summed E-state index contributed by atoms with van der Waals surface area (Å²) in [5, 5.41) is 8.66. The molecule has 2 atom stereocenters. The van der Waals surface area contributed by atoms with E-state index in [4.69, 9.17) is 11.6 Å². The zero-order chi connectivity index (χ0) is 20.7. The van der Waals surface area contributed by atoms with Crippen molar-refractivity contribution < 1.29 is 8.78 Å². The highest BCUT2D eigenvalue weighted by atomic mass is 35.5. The Bertz CT molecular complexity index is 1040. The topological polar surface area (TPSA) is 33.4 Å². The monoisotopic (exact) mass is 416 g/mol. The second-order valence-corrected chi connectivity index (χ2v) is 8.13. The Morgan fingerprint density at radius 1 is 1.07 bits per heavy atom. The number of hydrogen-bond donors (Lipinski definition) is 0. The Balaban J connectivity index is 1.77. The highest BCUT2D eigenvalue weighted by molar-refractivity contribution is 6.30. The SMILES string of the molecule is CC(C)N1[C@H](C)C(c2ccc(Cl)cc2)=C[C@@H]1c1ccc2nnc(CC(F)F)n2c1. The van der Waals surface area contributed by atoms with E-state index < -0.39 is 12.8 Å². The molecule has 3 aromatic rings. The van der Waals surface area contributed by atoms with E-state index in [-0.39, 0.29) is 17.9 Å². The molecule has 0 unspecified atom stereocenters. The molecule has 2 aromatic heterocycles. The maximum Gasteiger partial charge on any atom is 0.245 e. The zero-order valence-corrected chi connectivity index (χ0v) is 17.3. The average molecular weight is 417 g/mol. The molecule has 4 rings (SSSR count). The Hall–Kier alpha value is -2.31. The molecule has 0 saturated heterocycles. The van der Waals surface area contributed by atoms with Crippen LogP contribution in [-0.2, 0) is 6.42 Å². The molecule has 1 aromatic carbocycles. The van der Waals surface area contributed by atoms with Gasteiger partial charge in [0, 0.05) is 23.3 Å². The van der Waals surface area contributed by atoms with Gasteiger partial charge in [-0.2, -0.15) is 0 Å². The molecule has 29 heavy (non-hydrogen) atoms. The molecule has 4 nitrogen and oxygen atoms in total. The zero-order valence-electron chi connectivity index (χ0n) is 16.6. The summed E-state index contributed by atoms with van der Waals surface area (Å²) < 4.78 is 27.5. The van der Waals surface area contributed by atoms with E-state index in [1.807, 2.05) is 42.6 Å². The minimum absolute atomic E-state index is 0.0295. The second-order valence-electron chi connectivity index (χ2n) is 7.69. The number of benzene rings is 1. The fraction of sp³-hybridized carbons (Fsp3) is 0.364. The van der Waals surface area contributed by atoms with E-state index in [1.54, 1.807) is 4.40 Å². The normalized spacial score (nSPS) is 20.2. The standard InChI is InChI=1S/C22H23ClF2N4/c1-13(2)29-14(3)18(15-4-7-17(23)8-5-15)10-19(29)16-6-9-21-26-27-22(11-20(24)25)28(21)12-16/h4-10,12-14,19-20H,11H2,1-3H3/t14-,19-/m1/s1. The first-order valence-electron chi connectivity index (χ1n) is 9.72. The maximum atomic E-state index is 12.9. The summed E-state index contributed by atoms with van der Waals surface area (Å²) in [6.07, 6.45) is 1.28. The number of fused-ring (bicyclic) bond motifs is 1. The average Bonchev–Trinajstić information content (AvgIpc) is 3.23. The van der Waals surface area contributed by atoms with Gasteiger partial charge in [0.05, 0.1) is 12.5 Å². The number of halogens is 3. The van der Waals surface area contributed by atoms with Crippen LogP contribution in [0.25, 0.3) is 11.2 Å². The molecule has 0 saturated carbocycles. The van der Waals surface area contributed by atoms with Crippen LogP contribution >= 0.6 is 11.6 Å². The first kappa shape index (κ1) is 20.0. The Morgan fingerprint density at radius 3 is 2.45 bits per heavy atom. The lowest BCUT2D eigenvalue weighted by atomic mass is 10.0. The van der Waals surface area contributed by atoms with Gasteiger partial charge in [-0.1, -0.05) is 35.9 Å². The number of alkyl halides is 2. The quantitative estimate of drug-likeness (QED) is 0.556. The molecule has 1 aliphatic rings. The Morgan fingerprint density at radius 2 is 1.79 bits per heavy atom. The number of rotatable bonds is 5. The fourth-order valence-corrected chi connectivity index (χ4v) is 4.35. The summed E-state index contributed by atoms with van der Waals surface area (Å²) in [7, 11) is 0. The summed E-state index contributed by atoms with van der Waals surface area (Å²) in [5.41, 5.74) is 3.97. The van der Waals surface area contributed by atoms with Gasteiger partial charge in [-0.15, -0.1) is 10.2 Å². The van der Waals surface area contributed by atoms with Crippen molar-refractivity contribution in [2.75, 3.05) is 0 Å². The van der Waals surface area contributed by atoms with Crippen LogP contribution in [0.2, 0.25) is 5.02 Å². The predicted molar refractivity (Wildman–Crippen MR) is 111 cm³/mol. The van der Waals surface area contributed by atoms with Crippen molar-refractivity contribution in [2.24, 2.45) is 0 Å². The number of nitrogens with zero attached hydrogens (tertiary/aromatic N) is 4. The molecule has 0 radical (unpaired) electrons. The smallest absolute Gasteiger partial charge is 0.245 e. The molecule has 0 aliphatic carbocycles. The van der Waals surface area contributed by atoms with Gasteiger partial charge in [-0.05, 0) is 55.7 Å². The van der Waals surface area contributed by atoms with Gasteiger partial charge in [-0.25, -0.2) is 8.78 Å². The molecule has 3 heterocycles. The van der Waals surface area contributed by atoms with Crippen LogP contribution in [0.1, 0.15) is 43.8 Å². The molecule has 152 valence electrons. The molecule has 1 aliphatic heterocycles. The summed E-state index contributed by atoms with van der Waals surface area (Å²) in [5.74, 6) is 0.279. The van der Waals surface area contributed by atoms with Crippen LogP contribution in [-0.4, -0.2) is 38.0 Å². The van der Waals surface area contributed by atoms with Crippen LogP contribution in [0, 0.1) is 0 Å². The second kappa shape index (κ2) is 7.84. The largest absolute Gasteiger partial charge is 0.286 e. The van der Waals surface area contributed by atoms with Crippen molar-refractivity contribution in [2.45, 2.75) is 51.7 Å². The van der Waals surface area contributed by atoms with Crippen molar-refractivity contribution in [3.63, 3.8) is 0 Å². The summed E-state index contributed by atoms with van der Waals surface area (Å²) in [4.78, 5) is 2.42. The lowest BCUT2D eigenvalue weighted by molar-refractivity contribution is 0.146. The van der Waals surface area contributed by atoms with Crippen molar-refractivity contribution in [1.82, 2.24) is 19.5 Å². The number of aromatic nitrogens is 3. The third-order valence-corrected chi connectivity index (χ3v) is 5.76. The third kappa shape index (κ3) is 3.79. The number of hydrogen-bond acceptors (Lipinski definition) is 3. The summed E-state index contributed by atoms with van der Waals surface area (Å²) in [6, 6.07) is 12.3. The van der Waals surface area contributed by atoms with Crippen LogP contribution in [0.4, 0.5) is 8.78 Å². The summed E-state index contributed by atoms with van der Waals surface area (Å²) >= 11 is 6.06. The van der Waals surface area contributed by atoms with Gasteiger partial charge < -0.3 is 0 Å². The van der Waals surface area contributed by atoms with E-state index in [9.17, 15) is 8.78 Å². The molecule has 7 heteroatoms. The molecule has 0 amide bonds. The molecular formula is C22H23ClF2N4. The van der Waals surface area contributed by atoms with Crippen molar-refractivity contribution in [1.29, 1.82) is 0 Å². The van der Waals surface area contributed by atoms with Gasteiger partial charge in [0.25, 0.3) is 0 Å². The molecule has 0 N–H and O–H groups in total. The molecule has 0 spiro atoms. The third-order valence-electron chi connectivity index (χ3n) is 5.50. The van der Waals surface area contributed by atoms with Gasteiger partial charge in [-0.3, -0.25) is 9.30 Å². The van der Waals surface area contributed by atoms with Gasteiger partial charge in [0.2, 0.25) is 6.43 Å². The van der Waals surface area contributed by atoms with Crippen molar-refractivity contribution in [3.05, 3.63) is 70.6 Å². The van der Waals surface area contributed by atoms with Gasteiger partial charge in [0.1, 0.15) is 5.82 Å². The van der Waals surface area contributed by atoms with Crippen LogP contribution in [0.3, 0.4) is 0 Å². The van der Waals surface area contributed by atoms with Crippen LogP contribution < -0.4 is 0 Å². The van der Waals surface area contributed by atoms with Gasteiger partial charge in [0.15, 0.2) is 5.65 Å². The van der Waals surface area contributed by atoms with E-state index in [2.05, 4.69) is 41.9 Å². The Labute approximate surface area is 173 Å². The van der Waals surface area contributed by atoms with Gasteiger partial charge >= 0.3 is 0 Å². The molecule has 0 bridgehead atoms. The van der Waals surface area contributed by atoms with E-state index in [0.717, 1.165) is 11.1 Å². The first-order valence-corrected chi connectivity index (χ1v) is 10.1. The Kier molecular flexibility index (Phi) is 5.40. The number of pyridine rings is 1. The molecular weight excluding hydrogens is 394 g/mol.